The normalized spacial score (nSPS) is 12.3. The molecule has 0 bridgehead atoms. The highest BCUT2D eigenvalue weighted by atomic mass is 79.9. The van der Waals surface area contributed by atoms with Gasteiger partial charge in [-0.2, -0.15) is 0 Å². The van der Waals surface area contributed by atoms with Gasteiger partial charge >= 0.3 is 5.97 Å². The zero-order chi connectivity index (χ0) is 13.1. The van der Waals surface area contributed by atoms with Crippen molar-refractivity contribution in [2.45, 2.75) is 12.3 Å². The standard InChI is InChI=1S/C12H10BrFN2O2/c13-10-6-15-12(16-10)8(5-11(17)18)7-3-1-2-4-9(7)14/h1-4,6,8H,5H2,(H,15,16)(H,17,18). The van der Waals surface area contributed by atoms with E-state index < -0.39 is 17.7 Å². The zero-order valence-electron chi connectivity index (χ0n) is 9.23. The highest BCUT2D eigenvalue weighted by molar-refractivity contribution is 9.10. The van der Waals surface area contributed by atoms with E-state index in [2.05, 4.69) is 25.9 Å². The van der Waals surface area contributed by atoms with Crippen molar-refractivity contribution < 1.29 is 14.3 Å². The van der Waals surface area contributed by atoms with E-state index in [1.165, 1.54) is 12.3 Å². The lowest BCUT2D eigenvalue weighted by Gasteiger charge is -2.13. The summed E-state index contributed by atoms with van der Waals surface area (Å²) in [6.45, 7) is 0. The number of nitrogens with zero attached hydrogens (tertiary/aromatic N) is 1. The van der Waals surface area contributed by atoms with E-state index in [1.807, 2.05) is 0 Å². The van der Waals surface area contributed by atoms with Crippen LogP contribution >= 0.6 is 15.9 Å². The van der Waals surface area contributed by atoms with Crippen molar-refractivity contribution >= 4 is 21.9 Å². The molecule has 1 aromatic carbocycles. The van der Waals surface area contributed by atoms with Crippen LogP contribution in [0.25, 0.3) is 0 Å². The molecule has 2 rings (SSSR count). The Balaban J connectivity index is 2.43. The lowest BCUT2D eigenvalue weighted by atomic mass is 9.94. The van der Waals surface area contributed by atoms with Gasteiger partial charge in [0.1, 0.15) is 16.2 Å². The highest BCUT2D eigenvalue weighted by Crippen LogP contribution is 2.28. The summed E-state index contributed by atoms with van der Waals surface area (Å²) in [5, 5.41) is 8.93. The second-order valence-corrected chi connectivity index (χ2v) is 4.64. The second kappa shape index (κ2) is 5.30. The molecule has 0 amide bonds. The highest BCUT2D eigenvalue weighted by Gasteiger charge is 2.23. The summed E-state index contributed by atoms with van der Waals surface area (Å²) in [5.74, 6) is -1.64. The number of carboxylic acid groups (broad SMARTS) is 1. The number of benzene rings is 1. The summed E-state index contributed by atoms with van der Waals surface area (Å²) in [5.41, 5.74) is 0.321. The molecule has 1 atom stereocenters. The van der Waals surface area contributed by atoms with Crippen LogP contribution in [0.1, 0.15) is 23.7 Å². The van der Waals surface area contributed by atoms with Crippen molar-refractivity contribution in [1.29, 1.82) is 0 Å². The third-order valence-electron chi connectivity index (χ3n) is 2.55. The van der Waals surface area contributed by atoms with Gasteiger partial charge in [0.05, 0.1) is 18.5 Å². The Bertz CT molecular complexity index is 571. The Morgan fingerprint density at radius 3 is 2.78 bits per heavy atom. The van der Waals surface area contributed by atoms with Crippen molar-refractivity contribution in [1.82, 2.24) is 9.97 Å². The van der Waals surface area contributed by atoms with Crippen molar-refractivity contribution in [2.24, 2.45) is 0 Å². The van der Waals surface area contributed by atoms with E-state index in [1.54, 1.807) is 18.2 Å². The monoisotopic (exact) mass is 312 g/mol. The van der Waals surface area contributed by atoms with Crippen molar-refractivity contribution in [3.05, 3.63) is 52.3 Å². The van der Waals surface area contributed by atoms with Gasteiger partial charge in [0, 0.05) is 0 Å². The lowest BCUT2D eigenvalue weighted by molar-refractivity contribution is -0.137. The number of aromatic nitrogens is 2. The number of nitrogens with one attached hydrogen (secondary N) is 1. The fourth-order valence-corrected chi connectivity index (χ4v) is 2.08. The molecular weight excluding hydrogens is 303 g/mol. The Labute approximate surface area is 111 Å². The molecule has 0 aliphatic carbocycles. The van der Waals surface area contributed by atoms with Crippen LogP contribution in [-0.2, 0) is 4.79 Å². The smallest absolute Gasteiger partial charge is 0.304 e. The van der Waals surface area contributed by atoms with Crippen LogP contribution in [0.3, 0.4) is 0 Å². The van der Waals surface area contributed by atoms with Crippen molar-refractivity contribution in [3.8, 4) is 0 Å². The number of halogens is 2. The maximum atomic E-state index is 13.7. The van der Waals surface area contributed by atoms with Crippen LogP contribution in [0, 0.1) is 5.82 Å². The van der Waals surface area contributed by atoms with Crippen LogP contribution in [0.5, 0.6) is 0 Å². The lowest BCUT2D eigenvalue weighted by Crippen LogP contribution is -2.11. The predicted molar refractivity (Wildman–Crippen MR) is 66.8 cm³/mol. The molecule has 0 radical (unpaired) electrons. The largest absolute Gasteiger partial charge is 0.481 e. The molecule has 6 heteroatoms. The number of carboxylic acids is 1. The van der Waals surface area contributed by atoms with E-state index in [4.69, 9.17) is 5.11 Å². The van der Waals surface area contributed by atoms with E-state index in [9.17, 15) is 9.18 Å². The van der Waals surface area contributed by atoms with Crippen molar-refractivity contribution in [2.75, 3.05) is 0 Å². The average Bonchev–Trinajstić information content (AvgIpc) is 2.73. The molecule has 0 fully saturated rings. The molecule has 0 saturated carbocycles. The molecule has 0 aliphatic rings. The Kier molecular flexibility index (Phi) is 3.76. The van der Waals surface area contributed by atoms with Crippen LogP contribution in [0.2, 0.25) is 0 Å². The number of rotatable bonds is 4. The average molecular weight is 313 g/mol. The zero-order valence-corrected chi connectivity index (χ0v) is 10.8. The predicted octanol–water partition coefficient (Wildman–Crippen LogP) is 2.92. The molecule has 0 saturated heterocycles. The van der Waals surface area contributed by atoms with Gasteiger partial charge in [0.2, 0.25) is 0 Å². The number of aromatic amines is 1. The Morgan fingerprint density at radius 1 is 1.50 bits per heavy atom. The van der Waals surface area contributed by atoms with Gasteiger partial charge in [-0.25, -0.2) is 9.37 Å². The van der Waals surface area contributed by atoms with Gasteiger partial charge in [-0.3, -0.25) is 4.79 Å². The second-order valence-electron chi connectivity index (χ2n) is 3.79. The molecule has 4 nitrogen and oxygen atoms in total. The van der Waals surface area contributed by atoms with E-state index in [-0.39, 0.29) is 6.42 Å². The van der Waals surface area contributed by atoms with E-state index in [0.29, 0.717) is 16.0 Å². The topological polar surface area (TPSA) is 66.0 Å². The summed E-state index contributed by atoms with van der Waals surface area (Å²) >= 11 is 3.20. The first kappa shape index (κ1) is 12.8. The summed E-state index contributed by atoms with van der Waals surface area (Å²) in [7, 11) is 0. The summed E-state index contributed by atoms with van der Waals surface area (Å²) in [6.07, 6.45) is 1.30. The molecule has 1 unspecified atom stereocenters. The number of hydrogen-bond acceptors (Lipinski definition) is 2. The molecule has 94 valence electrons. The van der Waals surface area contributed by atoms with Crippen molar-refractivity contribution in [3.63, 3.8) is 0 Å². The molecule has 18 heavy (non-hydrogen) atoms. The summed E-state index contributed by atoms with van der Waals surface area (Å²) in [6, 6.07) is 6.11. The third kappa shape index (κ3) is 2.76. The van der Waals surface area contributed by atoms with Gasteiger partial charge < -0.3 is 10.1 Å². The SMILES string of the molecule is O=C(O)CC(c1ncc(Br)[nH]1)c1ccccc1F. The maximum absolute atomic E-state index is 13.7. The minimum absolute atomic E-state index is 0.221. The maximum Gasteiger partial charge on any atom is 0.304 e. The fourth-order valence-electron chi connectivity index (χ4n) is 1.78. The molecule has 2 N–H and O–H groups in total. The van der Waals surface area contributed by atoms with Gasteiger partial charge in [-0.05, 0) is 27.6 Å². The minimum Gasteiger partial charge on any atom is -0.481 e. The van der Waals surface area contributed by atoms with Crippen LogP contribution in [-0.4, -0.2) is 21.0 Å². The fraction of sp³-hybridized carbons (Fsp3) is 0.167. The first-order valence-electron chi connectivity index (χ1n) is 5.24. The molecule has 2 aromatic rings. The van der Waals surface area contributed by atoms with E-state index >= 15 is 0 Å². The van der Waals surface area contributed by atoms with Gasteiger partial charge in [0.15, 0.2) is 0 Å². The number of hydrogen-bond donors (Lipinski definition) is 2. The van der Waals surface area contributed by atoms with Gasteiger partial charge in [-0.15, -0.1) is 0 Å². The molecular formula is C12H10BrFN2O2. The van der Waals surface area contributed by atoms with E-state index in [0.717, 1.165) is 0 Å². The first-order chi connectivity index (χ1) is 8.58. The van der Waals surface area contributed by atoms with Gasteiger partial charge in [0.25, 0.3) is 0 Å². The first-order valence-corrected chi connectivity index (χ1v) is 6.04. The molecule has 0 aliphatic heterocycles. The molecule has 0 spiro atoms. The van der Waals surface area contributed by atoms with Gasteiger partial charge in [-0.1, -0.05) is 18.2 Å². The Morgan fingerprint density at radius 2 is 2.22 bits per heavy atom. The number of aliphatic carboxylic acids is 1. The van der Waals surface area contributed by atoms with Crippen LogP contribution in [0.4, 0.5) is 4.39 Å². The minimum atomic E-state index is -1.00. The molecule has 1 aromatic heterocycles. The number of H-pyrrole nitrogens is 1. The number of imidazole rings is 1. The summed E-state index contributed by atoms with van der Waals surface area (Å²) in [4.78, 5) is 17.8. The quantitative estimate of drug-likeness (QED) is 0.912. The van der Waals surface area contributed by atoms with Crippen LogP contribution < -0.4 is 0 Å². The number of carbonyl (C=O) groups is 1. The van der Waals surface area contributed by atoms with Crippen LogP contribution in [0.15, 0.2) is 35.1 Å². The summed E-state index contributed by atoms with van der Waals surface area (Å²) < 4.78 is 14.4. The molecule has 1 heterocycles. The Hall–Kier alpha value is -1.69. The third-order valence-corrected chi connectivity index (χ3v) is 2.96.